The van der Waals surface area contributed by atoms with E-state index in [0.717, 1.165) is 32.6 Å². The molecule has 0 aliphatic heterocycles. The van der Waals surface area contributed by atoms with Crippen molar-refractivity contribution in [2.45, 2.75) is 20.3 Å². The Morgan fingerprint density at radius 2 is 2.27 bits per heavy atom. The topological polar surface area (TPSA) is 50.7 Å². The molecule has 4 nitrogen and oxygen atoms in total. The molecule has 0 saturated carbocycles. The van der Waals surface area contributed by atoms with Crippen molar-refractivity contribution in [1.82, 2.24) is 5.43 Å². The Balaban J connectivity index is 1.85. The van der Waals surface area contributed by atoms with Gasteiger partial charge in [-0.1, -0.05) is 22.9 Å². The van der Waals surface area contributed by atoms with Crippen molar-refractivity contribution in [3.63, 3.8) is 0 Å². The zero-order chi connectivity index (χ0) is 15.9. The molecule has 0 aliphatic carbocycles. The van der Waals surface area contributed by atoms with E-state index in [1.54, 1.807) is 17.6 Å². The number of carbonyl (C=O) groups is 1. The molecule has 1 aromatic heterocycles. The van der Waals surface area contributed by atoms with Crippen LogP contribution >= 0.6 is 27.3 Å². The molecule has 0 radical (unpaired) electrons. The third kappa shape index (κ3) is 4.68. The van der Waals surface area contributed by atoms with E-state index in [9.17, 15) is 4.79 Å². The number of carbonyl (C=O) groups excluding carboxylic acids is 1. The van der Waals surface area contributed by atoms with E-state index in [1.807, 2.05) is 43.5 Å². The molecule has 0 saturated heterocycles. The lowest BCUT2D eigenvalue weighted by molar-refractivity contribution is -0.123. The molecule has 2 aromatic rings. The zero-order valence-electron chi connectivity index (χ0n) is 12.4. The number of benzene rings is 1. The predicted octanol–water partition coefficient (Wildman–Crippen LogP) is 3.91. The van der Waals surface area contributed by atoms with Crippen LogP contribution in [0.1, 0.15) is 22.9 Å². The Morgan fingerprint density at radius 3 is 2.95 bits per heavy atom. The number of hydrogen-bond acceptors (Lipinski definition) is 4. The summed E-state index contributed by atoms with van der Waals surface area (Å²) in [5.41, 5.74) is 4.67. The van der Waals surface area contributed by atoms with E-state index in [2.05, 4.69) is 26.5 Å². The monoisotopic (exact) mass is 380 g/mol. The van der Waals surface area contributed by atoms with Gasteiger partial charge in [0.25, 0.3) is 5.91 Å². The van der Waals surface area contributed by atoms with E-state index in [0.29, 0.717) is 0 Å². The van der Waals surface area contributed by atoms with Crippen LogP contribution in [0, 0.1) is 6.92 Å². The lowest BCUT2D eigenvalue weighted by Crippen LogP contribution is -2.24. The van der Waals surface area contributed by atoms with E-state index in [1.165, 1.54) is 0 Å². The maximum absolute atomic E-state index is 11.7. The van der Waals surface area contributed by atoms with Crippen molar-refractivity contribution in [2.75, 3.05) is 6.61 Å². The minimum absolute atomic E-state index is 0.0601. The van der Waals surface area contributed by atoms with Crippen molar-refractivity contribution in [2.24, 2.45) is 5.10 Å². The highest BCUT2D eigenvalue weighted by Crippen LogP contribution is 2.23. The standard InChI is InChI=1S/C16H17BrN2O2S/c1-3-12-8-13(17)4-5-14(12)21-10-16(20)19-18-9-15-11(2)6-7-22-15/h4-9H,3,10H2,1-2H3,(H,19,20)/b18-9+. The van der Waals surface area contributed by atoms with Gasteiger partial charge in [0.1, 0.15) is 5.75 Å². The number of nitrogens with zero attached hydrogens (tertiary/aromatic N) is 1. The molecule has 0 bridgehead atoms. The Hall–Kier alpha value is -1.66. The average Bonchev–Trinajstić information content (AvgIpc) is 2.91. The lowest BCUT2D eigenvalue weighted by atomic mass is 10.1. The number of aryl methyl sites for hydroxylation is 2. The van der Waals surface area contributed by atoms with Crippen LogP contribution in [0.15, 0.2) is 39.2 Å². The molecule has 22 heavy (non-hydrogen) atoms. The van der Waals surface area contributed by atoms with Gasteiger partial charge in [-0.3, -0.25) is 4.79 Å². The number of hydrazone groups is 1. The predicted molar refractivity (Wildman–Crippen MR) is 93.8 cm³/mol. The first-order chi connectivity index (χ1) is 10.6. The smallest absolute Gasteiger partial charge is 0.277 e. The second-order valence-corrected chi connectivity index (χ2v) is 6.52. The Kier molecular flexibility index (Phi) is 6.15. The maximum Gasteiger partial charge on any atom is 0.277 e. The number of halogens is 1. The Labute approximate surface area is 142 Å². The van der Waals surface area contributed by atoms with Crippen LogP contribution in [0.3, 0.4) is 0 Å². The summed E-state index contributed by atoms with van der Waals surface area (Å²) in [6.07, 6.45) is 2.49. The molecule has 1 aromatic carbocycles. The number of ether oxygens (including phenoxy) is 1. The Morgan fingerprint density at radius 1 is 1.45 bits per heavy atom. The maximum atomic E-state index is 11.7. The van der Waals surface area contributed by atoms with Gasteiger partial charge in [0.15, 0.2) is 6.61 Å². The van der Waals surface area contributed by atoms with E-state index in [4.69, 9.17) is 4.74 Å². The fraction of sp³-hybridized carbons (Fsp3) is 0.250. The molecular weight excluding hydrogens is 364 g/mol. The van der Waals surface area contributed by atoms with Crippen LogP contribution in [0.25, 0.3) is 0 Å². The quantitative estimate of drug-likeness (QED) is 0.609. The van der Waals surface area contributed by atoms with Crippen LogP contribution in [-0.4, -0.2) is 18.7 Å². The molecule has 6 heteroatoms. The van der Waals surface area contributed by atoms with Crippen molar-refractivity contribution in [3.05, 3.63) is 50.1 Å². The van der Waals surface area contributed by atoms with Gasteiger partial charge in [-0.2, -0.15) is 5.10 Å². The summed E-state index contributed by atoms with van der Waals surface area (Å²) in [7, 11) is 0. The minimum Gasteiger partial charge on any atom is -0.483 e. The molecule has 0 aliphatic rings. The molecule has 116 valence electrons. The first-order valence-corrected chi connectivity index (χ1v) is 8.54. The summed E-state index contributed by atoms with van der Waals surface area (Å²) in [6.45, 7) is 3.99. The zero-order valence-corrected chi connectivity index (χ0v) is 14.8. The summed E-state index contributed by atoms with van der Waals surface area (Å²) < 4.78 is 6.55. The van der Waals surface area contributed by atoms with Crippen molar-refractivity contribution >= 4 is 39.4 Å². The number of thiophene rings is 1. The van der Waals surface area contributed by atoms with Gasteiger partial charge in [0.2, 0.25) is 0 Å². The molecule has 0 fully saturated rings. The van der Waals surface area contributed by atoms with E-state index in [-0.39, 0.29) is 12.5 Å². The molecule has 0 spiro atoms. The SMILES string of the molecule is CCc1cc(Br)ccc1OCC(=O)N/N=C/c1sccc1C. The van der Waals surface area contributed by atoms with Gasteiger partial charge >= 0.3 is 0 Å². The summed E-state index contributed by atoms with van der Waals surface area (Å²) in [5, 5.41) is 5.93. The highest BCUT2D eigenvalue weighted by Gasteiger charge is 2.06. The van der Waals surface area contributed by atoms with E-state index < -0.39 is 0 Å². The molecule has 1 amide bonds. The third-order valence-corrected chi connectivity index (χ3v) is 4.48. The van der Waals surface area contributed by atoms with Gasteiger partial charge < -0.3 is 4.74 Å². The number of hydrogen-bond donors (Lipinski definition) is 1. The van der Waals surface area contributed by atoms with Crippen LogP contribution in [0.5, 0.6) is 5.75 Å². The van der Waals surface area contributed by atoms with Gasteiger partial charge in [-0.25, -0.2) is 5.43 Å². The van der Waals surface area contributed by atoms with Crippen LogP contribution < -0.4 is 10.2 Å². The first kappa shape index (κ1) is 16.7. The van der Waals surface area contributed by atoms with Crippen molar-refractivity contribution in [1.29, 1.82) is 0 Å². The molecule has 0 unspecified atom stereocenters. The summed E-state index contributed by atoms with van der Waals surface area (Å²) >= 11 is 5.00. The van der Waals surface area contributed by atoms with Gasteiger partial charge in [0.05, 0.1) is 6.21 Å². The molecule has 2 rings (SSSR count). The summed E-state index contributed by atoms with van der Waals surface area (Å²) in [5.74, 6) is 0.439. The third-order valence-electron chi connectivity index (χ3n) is 3.03. The fourth-order valence-electron chi connectivity index (χ4n) is 1.82. The second kappa shape index (κ2) is 8.10. The summed E-state index contributed by atoms with van der Waals surface area (Å²) in [6, 6.07) is 7.75. The van der Waals surface area contributed by atoms with Crippen LogP contribution in [0.4, 0.5) is 0 Å². The summed E-state index contributed by atoms with van der Waals surface area (Å²) in [4.78, 5) is 12.8. The average molecular weight is 381 g/mol. The first-order valence-electron chi connectivity index (χ1n) is 6.87. The molecule has 1 heterocycles. The van der Waals surface area contributed by atoms with Crippen molar-refractivity contribution < 1.29 is 9.53 Å². The number of nitrogens with one attached hydrogen (secondary N) is 1. The number of rotatable bonds is 6. The fourth-order valence-corrected chi connectivity index (χ4v) is 3.02. The normalized spacial score (nSPS) is 10.9. The van der Waals surface area contributed by atoms with Gasteiger partial charge in [0, 0.05) is 9.35 Å². The van der Waals surface area contributed by atoms with Crippen molar-refractivity contribution in [3.8, 4) is 5.75 Å². The lowest BCUT2D eigenvalue weighted by Gasteiger charge is -2.09. The molecular formula is C16H17BrN2O2S. The van der Waals surface area contributed by atoms with Crippen LogP contribution in [-0.2, 0) is 11.2 Å². The van der Waals surface area contributed by atoms with E-state index >= 15 is 0 Å². The number of amides is 1. The van der Waals surface area contributed by atoms with Gasteiger partial charge in [-0.05, 0) is 54.1 Å². The molecule has 0 atom stereocenters. The Bertz CT molecular complexity index is 683. The van der Waals surface area contributed by atoms with Gasteiger partial charge in [-0.15, -0.1) is 11.3 Å². The van der Waals surface area contributed by atoms with Crippen LogP contribution in [0.2, 0.25) is 0 Å². The minimum atomic E-state index is -0.282. The second-order valence-electron chi connectivity index (χ2n) is 4.66. The largest absolute Gasteiger partial charge is 0.483 e. The highest BCUT2D eigenvalue weighted by molar-refractivity contribution is 9.10. The highest BCUT2D eigenvalue weighted by atomic mass is 79.9. The molecule has 1 N–H and O–H groups in total.